The zero-order valence-electron chi connectivity index (χ0n) is 17.7. The molecule has 0 saturated heterocycles. The van der Waals surface area contributed by atoms with Gasteiger partial charge in [0.05, 0.1) is 0 Å². The quantitative estimate of drug-likeness (QED) is 0.280. The van der Waals surface area contributed by atoms with Crippen molar-refractivity contribution in [2.45, 2.75) is 24.9 Å². The second-order valence-electron chi connectivity index (χ2n) is 7.47. The maximum atomic E-state index is 13.0. The van der Waals surface area contributed by atoms with Crippen molar-refractivity contribution in [2.75, 3.05) is 28.2 Å². The van der Waals surface area contributed by atoms with Crippen molar-refractivity contribution in [1.29, 1.82) is 0 Å². The van der Waals surface area contributed by atoms with Gasteiger partial charge in [-0.05, 0) is 62.5 Å². The first-order chi connectivity index (χ1) is 14.3. The molecule has 9 nitrogen and oxygen atoms in total. The Hall–Kier alpha value is -3.35. The summed E-state index contributed by atoms with van der Waals surface area (Å²) in [7, 11) is 7.69. The van der Waals surface area contributed by atoms with Crippen molar-refractivity contribution < 1.29 is 4.79 Å². The highest BCUT2D eigenvalue weighted by Crippen LogP contribution is 2.30. The maximum absolute atomic E-state index is 13.0. The highest BCUT2D eigenvalue weighted by atomic mass is 16.1. The van der Waals surface area contributed by atoms with E-state index in [-0.39, 0.29) is 17.9 Å². The first kappa shape index (κ1) is 22.9. The average Bonchev–Trinajstić information content (AvgIpc) is 2.70. The van der Waals surface area contributed by atoms with Crippen LogP contribution in [0.3, 0.4) is 0 Å². The molecular formula is C21H26N8O. The molecule has 0 aliphatic heterocycles. The van der Waals surface area contributed by atoms with E-state index in [0.717, 1.165) is 11.1 Å². The number of benzene rings is 2. The normalized spacial score (nSPS) is 12.7. The molecule has 2 rings (SSSR count). The lowest BCUT2D eigenvalue weighted by Crippen LogP contribution is -2.26. The van der Waals surface area contributed by atoms with Crippen LogP contribution in [-0.2, 0) is 4.79 Å². The van der Waals surface area contributed by atoms with Crippen LogP contribution in [0.25, 0.3) is 20.9 Å². The van der Waals surface area contributed by atoms with Gasteiger partial charge >= 0.3 is 0 Å². The summed E-state index contributed by atoms with van der Waals surface area (Å²) in [5.41, 5.74) is 20.2. The Morgan fingerprint density at radius 2 is 1.23 bits per heavy atom. The first-order valence-electron chi connectivity index (χ1n) is 9.50. The predicted molar refractivity (Wildman–Crippen MR) is 118 cm³/mol. The molecule has 0 fully saturated rings. The first-order valence-corrected chi connectivity index (χ1v) is 9.50. The number of ketones is 1. The summed E-state index contributed by atoms with van der Waals surface area (Å²) in [4.78, 5) is 22.7. The minimum Gasteiger partial charge on any atom is -0.302 e. The smallest absolute Gasteiger partial charge is 0.136 e. The van der Waals surface area contributed by atoms with Gasteiger partial charge in [0.2, 0.25) is 0 Å². The fourth-order valence-electron chi connectivity index (χ4n) is 3.40. The number of azide groups is 2. The van der Waals surface area contributed by atoms with Crippen molar-refractivity contribution in [3.63, 3.8) is 0 Å². The zero-order valence-corrected chi connectivity index (χ0v) is 17.7. The Kier molecular flexibility index (Phi) is 8.41. The molecule has 0 aliphatic carbocycles. The van der Waals surface area contributed by atoms with Crippen LogP contribution in [0.2, 0.25) is 0 Å². The molecule has 2 atom stereocenters. The van der Waals surface area contributed by atoms with Crippen molar-refractivity contribution in [3.8, 4) is 0 Å². The Morgan fingerprint density at radius 3 is 1.57 bits per heavy atom. The largest absolute Gasteiger partial charge is 0.302 e. The zero-order chi connectivity index (χ0) is 22.1. The topological polar surface area (TPSA) is 121 Å². The second-order valence-corrected chi connectivity index (χ2v) is 7.47. The molecule has 0 N–H and O–H groups in total. The standard InChI is InChI=1S/C21H26N8O/c1-28(2)20(15-7-5-9-17(11-15)24-26-22)13-19(30)14-21(29(3)4)16-8-6-10-18(12-16)25-27-23/h5-12,20-21H,13-14H2,1-4H3. The second kappa shape index (κ2) is 11.0. The van der Waals surface area contributed by atoms with Gasteiger partial charge in [0, 0.05) is 46.1 Å². The molecule has 156 valence electrons. The minimum absolute atomic E-state index is 0.107. The van der Waals surface area contributed by atoms with Crippen LogP contribution < -0.4 is 0 Å². The summed E-state index contributed by atoms with van der Waals surface area (Å²) in [5.74, 6) is 0.107. The molecular weight excluding hydrogens is 380 g/mol. The van der Waals surface area contributed by atoms with Gasteiger partial charge in [0.25, 0.3) is 0 Å². The van der Waals surface area contributed by atoms with Gasteiger partial charge < -0.3 is 9.80 Å². The molecule has 0 heterocycles. The fraction of sp³-hybridized carbons (Fsp3) is 0.381. The van der Waals surface area contributed by atoms with E-state index in [1.807, 2.05) is 74.4 Å². The summed E-state index contributed by atoms with van der Waals surface area (Å²) < 4.78 is 0. The van der Waals surface area contributed by atoms with Crippen LogP contribution >= 0.6 is 0 Å². The number of carbonyl (C=O) groups is 1. The van der Waals surface area contributed by atoms with E-state index in [1.165, 1.54) is 0 Å². The van der Waals surface area contributed by atoms with Gasteiger partial charge in [-0.15, -0.1) is 0 Å². The van der Waals surface area contributed by atoms with Crippen LogP contribution in [0.4, 0.5) is 11.4 Å². The summed E-state index contributed by atoms with van der Waals surface area (Å²) in [6.45, 7) is 0. The third-order valence-electron chi connectivity index (χ3n) is 4.92. The van der Waals surface area contributed by atoms with Gasteiger partial charge in [-0.25, -0.2) is 0 Å². The van der Waals surface area contributed by atoms with Crippen LogP contribution in [0.5, 0.6) is 0 Å². The van der Waals surface area contributed by atoms with Crippen molar-refractivity contribution in [3.05, 3.63) is 80.5 Å². The summed E-state index contributed by atoms with van der Waals surface area (Å²) in [5, 5.41) is 7.32. The lowest BCUT2D eigenvalue weighted by Gasteiger charge is -2.28. The molecule has 0 spiro atoms. The van der Waals surface area contributed by atoms with E-state index in [0.29, 0.717) is 24.2 Å². The molecule has 0 amide bonds. The van der Waals surface area contributed by atoms with Gasteiger partial charge in [-0.3, -0.25) is 4.79 Å². The molecule has 0 aromatic heterocycles. The molecule has 0 saturated carbocycles. The maximum Gasteiger partial charge on any atom is 0.136 e. The third kappa shape index (κ3) is 6.34. The number of hydrogen-bond acceptors (Lipinski definition) is 5. The lowest BCUT2D eigenvalue weighted by atomic mass is 9.94. The SMILES string of the molecule is CN(C)C(CC(=O)CC(c1cccc(N=[N+]=[N-])c1)N(C)C)c1cccc(N=[N+]=[N-])c1. The summed E-state index contributed by atoms with van der Waals surface area (Å²) in [6.07, 6.45) is 0.653. The monoisotopic (exact) mass is 406 g/mol. The molecule has 30 heavy (non-hydrogen) atoms. The van der Waals surface area contributed by atoms with Crippen molar-refractivity contribution in [2.24, 2.45) is 10.2 Å². The molecule has 9 heteroatoms. The van der Waals surface area contributed by atoms with Crippen LogP contribution in [0, 0.1) is 0 Å². The molecule has 2 aromatic carbocycles. The van der Waals surface area contributed by atoms with E-state index in [1.54, 1.807) is 12.1 Å². The van der Waals surface area contributed by atoms with E-state index in [9.17, 15) is 4.79 Å². The highest BCUT2D eigenvalue weighted by molar-refractivity contribution is 5.80. The van der Waals surface area contributed by atoms with Gasteiger partial charge in [0.1, 0.15) is 5.78 Å². The Labute approximate surface area is 176 Å². The van der Waals surface area contributed by atoms with Crippen LogP contribution in [0.1, 0.15) is 36.1 Å². The Morgan fingerprint density at radius 1 is 0.833 bits per heavy atom. The number of Topliss-reactive ketones (excluding diaryl/α,β-unsaturated/α-hetero) is 1. The Balaban J connectivity index is 2.22. The number of carbonyl (C=O) groups excluding carboxylic acids is 1. The van der Waals surface area contributed by atoms with E-state index >= 15 is 0 Å². The molecule has 0 aliphatic rings. The molecule has 0 bridgehead atoms. The van der Waals surface area contributed by atoms with Crippen LogP contribution in [-0.4, -0.2) is 43.8 Å². The van der Waals surface area contributed by atoms with E-state index < -0.39 is 0 Å². The van der Waals surface area contributed by atoms with Crippen molar-refractivity contribution in [1.82, 2.24) is 9.80 Å². The minimum atomic E-state index is -0.135. The van der Waals surface area contributed by atoms with Crippen molar-refractivity contribution >= 4 is 17.2 Å². The number of rotatable bonds is 10. The Bertz CT molecular complexity index is 897. The molecule has 2 unspecified atom stereocenters. The van der Waals surface area contributed by atoms with Gasteiger partial charge in [-0.1, -0.05) is 46.6 Å². The average molecular weight is 406 g/mol. The van der Waals surface area contributed by atoms with E-state index in [2.05, 4.69) is 20.1 Å². The third-order valence-corrected chi connectivity index (χ3v) is 4.92. The number of nitrogens with zero attached hydrogens (tertiary/aromatic N) is 8. The predicted octanol–water partition coefficient (Wildman–Crippen LogP) is 5.83. The fourth-order valence-corrected chi connectivity index (χ4v) is 3.40. The molecule has 0 radical (unpaired) electrons. The summed E-state index contributed by atoms with van der Waals surface area (Å²) >= 11 is 0. The van der Waals surface area contributed by atoms with E-state index in [4.69, 9.17) is 11.1 Å². The van der Waals surface area contributed by atoms with Crippen LogP contribution in [0.15, 0.2) is 58.8 Å². The summed E-state index contributed by atoms with van der Waals surface area (Å²) in [6, 6.07) is 14.3. The number of hydrogen-bond donors (Lipinski definition) is 0. The van der Waals surface area contributed by atoms with Gasteiger partial charge in [-0.2, -0.15) is 0 Å². The van der Waals surface area contributed by atoms with Gasteiger partial charge in [0.15, 0.2) is 0 Å². The lowest BCUT2D eigenvalue weighted by molar-refractivity contribution is -0.121. The molecule has 2 aromatic rings. The highest BCUT2D eigenvalue weighted by Gasteiger charge is 2.23.